The quantitative estimate of drug-likeness (QED) is 0.738. The van der Waals surface area contributed by atoms with Gasteiger partial charge < -0.3 is 10.2 Å². The van der Waals surface area contributed by atoms with Gasteiger partial charge in [-0.2, -0.15) is 0 Å². The highest BCUT2D eigenvalue weighted by Crippen LogP contribution is 2.35. The van der Waals surface area contributed by atoms with Gasteiger partial charge in [0, 0.05) is 18.4 Å². The lowest BCUT2D eigenvalue weighted by Gasteiger charge is -2.27. The van der Waals surface area contributed by atoms with Gasteiger partial charge in [-0.1, -0.05) is 24.3 Å². The average Bonchev–Trinajstić information content (AvgIpc) is 2.92. The zero-order chi connectivity index (χ0) is 19.0. The monoisotopic (exact) mass is 361 g/mol. The Labute approximate surface area is 157 Å². The zero-order valence-electron chi connectivity index (χ0n) is 15.2. The Morgan fingerprint density at radius 3 is 2.67 bits per heavy atom. The van der Waals surface area contributed by atoms with Crippen LogP contribution in [0.15, 0.2) is 60.8 Å². The molecular weight excluding hydrogens is 341 g/mol. The van der Waals surface area contributed by atoms with Gasteiger partial charge in [0.15, 0.2) is 0 Å². The van der Waals surface area contributed by atoms with Crippen LogP contribution in [0.4, 0.5) is 10.1 Å². The van der Waals surface area contributed by atoms with Crippen LogP contribution in [0.5, 0.6) is 0 Å². The van der Waals surface area contributed by atoms with Crippen LogP contribution >= 0.6 is 0 Å². The molecule has 0 aliphatic carbocycles. The van der Waals surface area contributed by atoms with Crippen LogP contribution < -0.4 is 5.32 Å². The Bertz CT molecular complexity index is 1000. The third-order valence-corrected chi connectivity index (χ3v) is 4.85. The van der Waals surface area contributed by atoms with E-state index in [4.69, 9.17) is 0 Å². The molecular formula is C22H20FN3O. The maximum atomic E-state index is 13.2. The van der Waals surface area contributed by atoms with Crippen molar-refractivity contribution in [3.8, 4) is 0 Å². The summed E-state index contributed by atoms with van der Waals surface area (Å²) in [5, 5.41) is 3.49. The van der Waals surface area contributed by atoms with E-state index in [-0.39, 0.29) is 17.9 Å². The number of rotatable bonds is 4. The number of hydrogen-bond acceptors (Lipinski definition) is 3. The van der Waals surface area contributed by atoms with Crippen molar-refractivity contribution in [2.75, 3.05) is 5.32 Å². The van der Waals surface area contributed by atoms with Crippen LogP contribution in [0.3, 0.4) is 0 Å². The number of carbonyl (C=O) groups is 1. The first-order valence-electron chi connectivity index (χ1n) is 8.87. The summed E-state index contributed by atoms with van der Waals surface area (Å²) in [5.41, 5.74) is 5.38. The minimum Gasteiger partial charge on any atom is -0.360 e. The number of anilines is 1. The number of pyridine rings is 1. The molecule has 0 saturated heterocycles. The Morgan fingerprint density at radius 2 is 1.89 bits per heavy atom. The van der Waals surface area contributed by atoms with Gasteiger partial charge in [0.05, 0.1) is 11.3 Å². The molecule has 1 aromatic heterocycles. The summed E-state index contributed by atoms with van der Waals surface area (Å²) in [6.07, 6.45) is 1.32. The van der Waals surface area contributed by atoms with E-state index < -0.39 is 0 Å². The normalized spacial score (nSPS) is 15.7. The Balaban J connectivity index is 1.71. The molecule has 1 unspecified atom stereocenters. The summed E-state index contributed by atoms with van der Waals surface area (Å²) < 4.78 is 13.2. The van der Waals surface area contributed by atoms with E-state index in [0.717, 1.165) is 22.4 Å². The molecule has 5 heteroatoms. The lowest BCUT2D eigenvalue weighted by Crippen LogP contribution is -2.32. The first-order chi connectivity index (χ1) is 13.0. The molecule has 2 aromatic carbocycles. The minimum atomic E-state index is -0.376. The molecule has 1 amide bonds. The van der Waals surface area contributed by atoms with Crippen LogP contribution in [-0.2, 0) is 6.54 Å². The lowest BCUT2D eigenvalue weighted by molar-refractivity contribution is 0.0727. The highest BCUT2D eigenvalue weighted by atomic mass is 19.1. The number of nitrogens with zero attached hydrogens (tertiary/aromatic N) is 2. The number of halogens is 1. The Kier molecular flexibility index (Phi) is 4.36. The van der Waals surface area contributed by atoms with Gasteiger partial charge in [-0.15, -0.1) is 0 Å². The van der Waals surface area contributed by atoms with E-state index in [1.165, 1.54) is 12.1 Å². The van der Waals surface area contributed by atoms with Gasteiger partial charge >= 0.3 is 0 Å². The molecule has 0 fully saturated rings. The van der Waals surface area contributed by atoms with E-state index in [1.807, 2.05) is 13.8 Å². The molecule has 0 saturated carbocycles. The predicted octanol–water partition coefficient (Wildman–Crippen LogP) is 4.60. The van der Waals surface area contributed by atoms with Crippen molar-refractivity contribution in [2.45, 2.75) is 26.6 Å². The van der Waals surface area contributed by atoms with Crippen LogP contribution in [-0.4, -0.2) is 15.8 Å². The van der Waals surface area contributed by atoms with Crippen LogP contribution in [0.2, 0.25) is 0 Å². The smallest absolute Gasteiger partial charge is 0.258 e. The Morgan fingerprint density at radius 1 is 1.11 bits per heavy atom. The SMILES string of the molecule is Cc1ccc(C)c(NC2c3ncccc3C(=O)N2Cc2ccc(F)cc2)c1. The fourth-order valence-corrected chi connectivity index (χ4v) is 3.37. The van der Waals surface area contributed by atoms with E-state index in [2.05, 4.69) is 28.5 Å². The third kappa shape index (κ3) is 3.28. The molecule has 4 nitrogen and oxygen atoms in total. The van der Waals surface area contributed by atoms with Crippen molar-refractivity contribution in [3.63, 3.8) is 0 Å². The summed E-state index contributed by atoms with van der Waals surface area (Å²) in [6.45, 7) is 4.44. The number of aryl methyl sites for hydroxylation is 2. The molecule has 1 N–H and O–H groups in total. The lowest BCUT2D eigenvalue weighted by atomic mass is 10.1. The predicted molar refractivity (Wildman–Crippen MR) is 103 cm³/mol. The van der Waals surface area contributed by atoms with Gasteiger partial charge in [0.1, 0.15) is 12.0 Å². The maximum absolute atomic E-state index is 13.2. The molecule has 1 aliphatic heterocycles. The fourth-order valence-electron chi connectivity index (χ4n) is 3.37. The van der Waals surface area contributed by atoms with E-state index in [1.54, 1.807) is 35.4 Å². The maximum Gasteiger partial charge on any atom is 0.258 e. The van der Waals surface area contributed by atoms with Crippen LogP contribution in [0.25, 0.3) is 0 Å². The summed E-state index contributed by atoms with van der Waals surface area (Å²) in [7, 11) is 0. The van der Waals surface area contributed by atoms with E-state index >= 15 is 0 Å². The number of benzene rings is 2. The zero-order valence-corrected chi connectivity index (χ0v) is 15.2. The molecule has 1 atom stereocenters. The number of aromatic nitrogens is 1. The summed E-state index contributed by atoms with van der Waals surface area (Å²) in [6, 6.07) is 16.0. The molecule has 1 aliphatic rings. The first-order valence-corrected chi connectivity index (χ1v) is 8.87. The molecule has 3 aromatic rings. The summed E-state index contributed by atoms with van der Waals surface area (Å²) in [4.78, 5) is 19.2. The van der Waals surface area contributed by atoms with Crippen molar-refractivity contribution in [3.05, 3.63) is 94.6 Å². The summed E-state index contributed by atoms with van der Waals surface area (Å²) >= 11 is 0. The molecule has 0 bridgehead atoms. The Hall–Kier alpha value is -3.21. The highest BCUT2D eigenvalue weighted by molar-refractivity contribution is 5.98. The second kappa shape index (κ2) is 6.83. The minimum absolute atomic E-state index is 0.0785. The van der Waals surface area contributed by atoms with Crippen molar-refractivity contribution < 1.29 is 9.18 Å². The number of hydrogen-bond donors (Lipinski definition) is 1. The molecule has 136 valence electrons. The van der Waals surface area contributed by atoms with Crippen LogP contribution in [0.1, 0.15) is 38.9 Å². The number of nitrogens with one attached hydrogen (secondary N) is 1. The van der Waals surface area contributed by atoms with Crippen molar-refractivity contribution in [1.82, 2.24) is 9.88 Å². The van der Waals surface area contributed by atoms with Crippen molar-refractivity contribution >= 4 is 11.6 Å². The third-order valence-electron chi connectivity index (χ3n) is 4.85. The van der Waals surface area contributed by atoms with E-state index in [9.17, 15) is 9.18 Å². The summed E-state index contributed by atoms with van der Waals surface area (Å²) in [5.74, 6) is -0.369. The fraction of sp³-hybridized carbons (Fsp3) is 0.182. The highest BCUT2D eigenvalue weighted by Gasteiger charge is 2.38. The molecule has 0 spiro atoms. The second-order valence-corrected chi connectivity index (χ2v) is 6.86. The number of fused-ring (bicyclic) bond motifs is 1. The van der Waals surface area contributed by atoms with Crippen LogP contribution in [0, 0.1) is 19.7 Å². The van der Waals surface area contributed by atoms with Gasteiger partial charge in [0.25, 0.3) is 5.91 Å². The van der Waals surface area contributed by atoms with Crippen molar-refractivity contribution in [1.29, 1.82) is 0 Å². The number of amides is 1. The van der Waals surface area contributed by atoms with Gasteiger partial charge in [-0.05, 0) is 60.9 Å². The van der Waals surface area contributed by atoms with Crippen molar-refractivity contribution in [2.24, 2.45) is 0 Å². The molecule has 27 heavy (non-hydrogen) atoms. The average molecular weight is 361 g/mol. The second-order valence-electron chi connectivity index (χ2n) is 6.86. The molecule has 2 heterocycles. The van der Waals surface area contributed by atoms with Gasteiger partial charge in [-0.25, -0.2) is 4.39 Å². The number of carbonyl (C=O) groups excluding carboxylic acids is 1. The van der Waals surface area contributed by atoms with Gasteiger partial charge in [-0.3, -0.25) is 9.78 Å². The molecule has 4 rings (SSSR count). The first kappa shape index (κ1) is 17.2. The standard InChI is InChI=1S/C22H20FN3O/c1-14-5-6-15(2)19(12-14)25-21-20-18(4-3-11-24-20)22(27)26(21)13-16-7-9-17(23)10-8-16/h3-12,21,25H,13H2,1-2H3. The van der Waals surface area contributed by atoms with E-state index in [0.29, 0.717) is 17.8 Å². The largest absolute Gasteiger partial charge is 0.360 e. The van der Waals surface area contributed by atoms with Gasteiger partial charge in [0.2, 0.25) is 0 Å². The topological polar surface area (TPSA) is 45.2 Å². The molecule has 0 radical (unpaired) electrons.